The average molecular weight is 329 g/mol. The molecule has 0 fully saturated rings. The van der Waals surface area contributed by atoms with Crippen LogP contribution < -0.4 is 10.2 Å². The number of hydrogen-bond acceptors (Lipinski definition) is 4. The highest BCUT2D eigenvalue weighted by molar-refractivity contribution is 5.89. The van der Waals surface area contributed by atoms with E-state index >= 15 is 0 Å². The van der Waals surface area contributed by atoms with Gasteiger partial charge in [-0.3, -0.25) is 4.79 Å². The molecule has 5 heteroatoms. The first-order chi connectivity index (χ1) is 12.3. The van der Waals surface area contributed by atoms with E-state index in [1.165, 1.54) is 6.21 Å². The van der Waals surface area contributed by atoms with Gasteiger partial charge in [0.1, 0.15) is 5.75 Å². The maximum atomic E-state index is 11.9. The number of benzene rings is 3. The molecule has 0 aliphatic carbocycles. The van der Waals surface area contributed by atoms with E-state index < -0.39 is 0 Å². The highest BCUT2D eigenvalue weighted by atomic mass is 16.5. The van der Waals surface area contributed by atoms with Crippen LogP contribution in [-0.2, 0) is 4.79 Å². The molecule has 122 valence electrons. The number of hydrogen-bond donors (Lipinski definition) is 1. The van der Waals surface area contributed by atoms with Crippen molar-refractivity contribution in [2.45, 2.75) is 0 Å². The van der Waals surface area contributed by atoms with Gasteiger partial charge in [-0.05, 0) is 29.1 Å². The Hall–Kier alpha value is -3.65. The quantitative estimate of drug-likeness (QED) is 0.577. The molecule has 0 saturated heterocycles. The van der Waals surface area contributed by atoms with Gasteiger partial charge in [0.2, 0.25) is 0 Å². The predicted molar refractivity (Wildman–Crippen MR) is 96.3 cm³/mol. The number of hydrazone groups is 1. The molecule has 0 bridgehead atoms. The number of amides is 1. The lowest BCUT2D eigenvalue weighted by Crippen LogP contribution is -2.24. The van der Waals surface area contributed by atoms with Gasteiger partial charge < -0.3 is 4.74 Å². The molecule has 3 rings (SSSR count). The zero-order chi connectivity index (χ0) is 17.5. The monoisotopic (exact) mass is 329 g/mol. The van der Waals surface area contributed by atoms with Gasteiger partial charge in [0, 0.05) is 5.39 Å². The van der Waals surface area contributed by atoms with Crippen molar-refractivity contribution in [3.8, 4) is 11.8 Å². The predicted octanol–water partition coefficient (Wildman–Crippen LogP) is 3.24. The summed E-state index contributed by atoms with van der Waals surface area (Å²) < 4.78 is 5.59. The Morgan fingerprint density at radius 2 is 1.84 bits per heavy atom. The number of nitriles is 1. The summed E-state index contributed by atoms with van der Waals surface area (Å²) in [5.41, 5.74) is 3.78. The molecule has 0 atom stereocenters. The Morgan fingerprint density at radius 3 is 2.64 bits per heavy atom. The summed E-state index contributed by atoms with van der Waals surface area (Å²) in [6.45, 7) is -0.126. The van der Waals surface area contributed by atoms with Crippen LogP contribution in [0.2, 0.25) is 0 Å². The highest BCUT2D eigenvalue weighted by Crippen LogP contribution is 2.24. The van der Waals surface area contributed by atoms with E-state index in [0.717, 1.165) is 16.3 Å². The molecule has 0 aromatic heterocycles. The lowest BCUT2D eigenvalue weighted by Gasteiger charge is -2.08. The van der Waals surface area contributed by atoms with E-state index in [1.54, 1.807) is 24.3 Å². The van der Waals surface area contributed by atoms with Gasteiger partial charge in [-0.1, -0.05) is 48.5 Å². The average Bonchev–Trinajstić information content (AvgIpc) is 2.67. The van der Waals surface area contributed by atoms with Crippen molar-refractivity contribution in [3.63, 3.8) is 0 Å². The molecule has 1 amide bonds. The van der Waals surface area contributed by atoms with E-state index in [0.29, 0.717) is 11.3 Å². The Kier molecular flexibility index (Phi) is 5.03. The summed E-state index contributed by atoms with van der Waals surface area (Å²) in [7, 11) is 0. The Morgan fingerprint density at radius 1 is 1.08 bits per heavy atom. The number of carbonyl (C=O) groups is 1. The van der Waals surface area contributed by atoms with Gasteiger partial charge in [-0.2, -0.15) is 10.4 Å². The lowest BCUT2D eigenvalue weighted by molar-refractivity contribution is -0.123. The van der Waals surface area contributed by atoms with Gasteiger partial charge in [0.25, 0.3) is 5.91 Å². The van der Waals surface area contributed by atoms with E-state index in [1.807, 2.05) is 48.5 Å². The molecule has 5 nitrogen and oxygen atoms in total. The van der Waals surface area contributed by atoms with Gasteiger partial charge in [-0.25, -0.2) is 5.43 Å². The third kappa shape index (κ3) is 4.21. The van der Waals surface area contributed by atoms with Crippen molar-refractivity contribution >= 4 is 22.9 Å². The van der Waals surface area contributed by atoms with Crippen LogP contribution in [0.4, 0.5) is 0 Å². The fraction of sp³-hybridized carbons (Fsp3) is 0.0500. The molecule has 3 aromatic rings. The smallest absolute Gasteiger partial charge is 0.277 e. The molecule has 0 radical (unpaired) electrons. The van der Waals surface area contributed by atoms with E-state index in [9.17, 15) is 4.79 Å². The minimum atomic E-state index is -0.349. The zero-order valence-electron chi connectivity index (χ0n) is 13.3. The van der Waals surface area contributed by atoms with Crippen LogP contribution in [-0.4, -0.2) is 18.7 Å². The standard InChI is InChI=1S/C20H15N3O2/c21-12-15-8-10-16(11-9-15)13-22-23-20(24)14-25-19-7-3-5-17-4-1-2-6-18(17)19/h1-11,13H,14H2,(H,23,24)/b22-13+. The lowest BCUT2D eigenvalue weighted by atomic mass is 10.1. The van der Waals surface area contributed by atoms with Crippen molar-refractivity contribution in [1.29, 1.82) is 5.26 Å². The molecular formula is C20H15N3O2. The summed E-state index contributed by atoms with van der Waals surface area (Å²) in [5, 5.41) is 14.6. The number of carbonyl (C=O) groups excluding carboxylic acids is 1. The Bertz CT molecular complexity index is 951. The van der Waals surface area contributed by atoms with E-state index in [4.69, 9.17) is 10.00 Å². The zero-order valence-corrected chi connectivity index (χ0v) is 13.3. The number of nitrogens with one attached hydrogen (secondary N) is 1. The molecule has 0 aliphatic heterocycles. The van der Waals surface area contributed by atoms with Crippen molar-refractivity contribution in [3.05, 3.63) is 77.9 Å². The fourth-order valence-electron chi connectivity index (χ4n) is 2.32. The SMILES string of the molecule is N#Cc1ccc(/C=N/NC(=O)COc2cccc3ccccc23)cc1. The van der Waals surface area contributed by atoms with Crippen molar-refractivity contribution in [1.82, 2.24) is 5.43 Å². The van der Waals surface area contributed by atoms with Crippen LogP contribution >= 0.6 is 0 Å². The first-order valence-electron chi connectivity index (χ1n) is 7.69. The molecule has 0 aliphatic rings. The molecular weight excluding hydrogens is 314 g/mol. The topological polar surface area (TPSA) is 74.5 Å². The molecule has 0 saturated carbocycles. The minimum absolute atomic E-state index is 0.126. The molecule has 25 heavy (non-hydrogen) atoms. The molecule has 0 heterocycles. The van der Waals surface area contributed by atoms with Crippen LogP contribution in [0, 0.1) is 11.3 Å². The van der Waals surface area contributed by atoms with Crippen molar-refractivity contribution < 1.29 is 9.53 Å². The van der Waals surface area contributed by atoms with Gasteiger partial charge in [0.15, 0.2) is 6.61 Å². The third-order valence-electron chi connectivity index (χ3n) is 3.55. The summed E-state index contributed by atoms with van der Waals surface area (Å²) >= 11 is 0. The van der Waals surface area contributed by atoms with E-state index in [2.05, 4.69) is 10.5 Å². The molecule has 0 spiro atoms. The first-order valence-corrected chi connectivity index (χ1v) is 7.69. The van der Waals surface area contributed by atoms with Crippen molar-refractivity contribution in [2.75, 3.05) is 6.61 Å². The molecule has 0 unspecified atom stereocenters. The highest BCUT2D eigenvalue weighted by Gasteiger charge is 2.04. The van der Waals surface area contributed by atoms with Crippen LogP contribution in [0.15, 0.2) is 71.8 Å². The summed E-state index contributed by atoms with van der Waals surface area (Å²) in [6.07, 6.45) is 1.51. The third-order valence-corrected chi connectivity index (χ3v) is 3.55. The van der Waals surface area contributed by atoms with E-state index in [-0.39, 0.29) is 12.5 Å². The second kappa shape index (κ2) is 7.75. The summed E-state index contributed by atoms with van der Waals surface area (Å²) in [5.74, 6) is 0.308. The van der Waals surface area contributed by atoms with Gasteiger partial charge in [0.05, 0.1) is 17.8 Å². The van der Waals surface area contributed by atoms with Gasteiger partial charge >= 0.3 is 0 Å². The number of fused-ring (bicyclic) bond motifs is 1. The second-order valence-electron chi connectivity index (χ2n) is 5.29. The number of ether oxygens (including phenoxy) is 1. The largest absolute Gasteiger partial charge is 0.483 e. The Balaban J connectivity index is 1.55. The van der Waals surface area contributed by atoms with Crippen LogP contribution in [0.5, 0.6) is 5.75 Å². The summed E-state index contributed by atoms with van der Waals surface area (Å²) in [4.78, 5) is 11.9. The fourth-order valence-corrected chi connectivity index (χ4v) is 2.32. The molecule has 3 aromatic carbocycles. The summed E-state index contributed by atoms with van der Waals surface area (Å²) in [6, 6.07) is 22.4. The van der Waals surface area contributed by atoms with Crippen LogP contribution in [0.1, 0.15) is 11.1 Å². The number of rotatable bonds is 5. The molecule has 1 N–H and O–H groups in total. The minimum Gasteiger partial charge on any atom is -0.483 e. The maximum absolute atomic E-state index is 11.9. The van der Waals surface area contributed by atoms with Crippen LogP contribution in [0.3, 0.4) is 0 Å². The van der Waals surface area contributed by atoms with Crippen molar-refractivity contribution in [2.24, 2.45) is 5.10 Å². The first kappa shape index (κ1) is 16.2. The Labute approximate surface area is 145 Å². The number of nitrogens with zero attached hydrogens (tertiary/aromatic N) is 2. The van der Waals surface area contributed by atoms with Crippen LogP contribution in [0.25, 0.3) is 10.8 Å². The normalized spacial score (nSPS) is 10.5. The van der Waals surface area contributed by atoms with Gasteiger partial charge in [-0.15, -0.1) is 0 Å². The maximum Gasteiger partial charge on any atom is 0.277 e. The second-order valence-corrected chi connectivity index (χ2v) is 5.29.